The number of nitrogens with zero attached hydrogens (tertiary/aromatic N) is 1. The Bertz CT molecular complexity index is 519. The molecule has 0 aliphatic carbocycles. The highest BCUT2D eigenvalue weighted by Gasteiger charge is 2.14. The standard InChI is InChI=1S/C12H10FNO2/c1-8(15)10-7-14-16-12(10)6-9-4-2-3-5-11(9)13/h2-5,7H,6H2,1H3. The normalized spacial score (nSPS) is 10.4. The van der Waals surface area contributed by atoms with Crippen molar-refractivity contribution in [3.63, 3.8) is 0 Å². The minimum absolute atomic E-state index is 0.132. The Balaban J connectivity index is 2.31. The zero-order valence-corrected chi connectivity index (χ0v) is 8.74. The van der Waals surface area contributed by atoms with Gasteiger partial charge in [-0.3, -0.25) is 4.79 Å². The number of carbonyl (C=O) groups excluding carboxylic acids is 1. The first kappa shape index (κ1) is 10.5. The van der Waals surface area contributed by atoms with Crippen molar-refractivity contribution in [2.45, 2.75) is 13.3 Å². The van der Waals surface area contributed by atoms with Gasteiger partial charge in [0.05, 0.1) is 11.8 Å². The average Bonchev–Trinajstić information content (AvgIpc) is 2.69. The molecule has 0 aliphatic heterocycles. The minimum atomic E-state index is -0.312. The maximum absolute atomic E-state index is 13.4. The molecule has 82 valence electrons. The fourth-order valence-electron chi connectivity index (χ4n) is 1.49. The van der Waals surface area contributed by atoms with Crippen LogP contribution in [0, 0.1) is 5.82 Å². The lowest BCUT2D eigenvalue weighted by atomic mass is 10.1. The smallest absolute Gasteiger partial charge is 0.165 e. The third kappa shape index (κ3) is 2.00. The van der Waals surface area contributed by atoms with Crippen LogP contribution in [0.3, 0.4) is 0 Å². The summed E-state index contributed by atoms with van der Waals surface area (Å²) in [5, 5.41) is 3.55. The lowest BCUT2D eigenvalue weighted by Crippen LogP contribution is -1.98. The summed E-state index contributed by atoms with van der Waals surface area (Å²) in [5.74, 6) is -0.0430. The van der Waals surface area contributed by atoms with Crippen molar-refractivity contribution in [3.05, 3.63) is 53.2 Å². The molecule has 0 saturated heterocycles. The molecule has 1 heterocycles. The van der Waals surface area contributed by atoms with Gasteiger partial charge in [0.25, 0.3) is 0 Å². The lowest BCUT2D eigenvalue weighted by molar-refractivity contribution is 0.101. The second-order valence-corrected chi connectivity index (χ2v) is 3.49. The summed E-state index contributed by atoms with van der Waals surface area (Å²) in [7, 11) is 0. The Labute approximate surface area is 91.9 Å². The Morgan fingerprint density at radius 2 is 2.19 bits per heavy atom. The van der Waals surface area contributed by atoms with Gasteiger partial charge in [0.2, 0.25) is 0 Å². The first-order valence-electron chi connectivity index (χ1n) is 4.86. The van der Waals surface area contributed by atoms with Crippen LogP contribution in [-0.4, -0.2) is 10.9 Å². The van der Waals surface area contributed by atoms with Gasteiger partial charge < -0.3 is 4.52 Å². The molecule has 0 bridgehead atoms. The molecular weight excluding hydrogens is 209 g/mol. The van der Waals surface area contributed by atoms with Crippen LogP contribution in [0.4, 0.5) is 4.39 Å². The van der Waals surface area contributed by atoms with Gasteiger partial charge in [-0.05, 0) is 18.6 Å². The molecule has 0 amide bonds. The first-order chi connectivity index (χ1) is 7.68. The zero-order valence-electron chi connectivity index (χ0n) is 8.74. The van der Waals surface area contributed by atoms with Crippen molar-refractivity contribution in [3.8, 4) is 0 Å². The zero-order chi connectivity index (χ0) is 11.5. The largest absolute Gasteiger partial charge is 0.360 e. The quantitative estimate of drug-likeness (QED) is 0.745. The molecule has 0 atom stereocenters. The van der Waals surface area contributed by atoms with Crippen LogP contribution in [0.2, 0.25) is 0 Å². The summed E-state index contributed by atoms with van der Waals surface area (Å²) < 4.78 is 18.3. The molecule has 2 rings (SSSR count). The van der Waals surface area contributed by atoms with E-state index in [2.05, 4.69) is 5.16 Å². The van der Waals surface area contributed by atoms with E-state index in [1.807, 2.05) is 0 Å². The highest BCUT2D eigenvalue weighted by Crippen LogP contribution is 2.16. The molecule has 2 aromatic rings. The van der Waals surface area contributed by atoms with Crippen LogP contribution in [0.25, 0.3) is 0 Å². The lowest BCUT2D eigenvalue weighted by Gasteiger charge is -2.00. The van der Waals surface area contributed by atoms with Crippen LogP contribution in [0.1, 0.15) is 28.6 Å². The van der Waals surface area contributed by atoms with E-state index >= 15 is 0 Å². The number of carbonyl (C=O) groups is 1. The van der Waals surface area contributed by atoms with Crippen molar-refractivity contribution in [2.75, 3.05) is 0 Å². The molecule has 0 radical (unpaired) electrons. The molecule has 0 saturated carbocycles. The maximum Gasteiger partial charge on any atom is 0.165 e. The van der Waals surface area contributed by atoms with E-state index in [1.54, 1.807) is 18.2 Å². The summed E-state index contributed by atoms with van der Waals surface area (Å²) in [6.07, 6.45) is 1.60. The van der Waals surface area contributed by atoms with Crippen molar-refractivity contribution < 1.29 is 13.7 Å². The Kier molecular flexibility index (Phi) is 2.81. The Morgan fingerprint density at radius 3 is 2.88 bits per heavy atom. The number of ketones is 1. The molecule has 16 heavy (non-hydrogen) atoms. The topological polar surface area (TPSA) is 43.1 Å². The predicted octanol–water partition coefficient (Wildman–Crippen LogP) is 2.61. The summed E-state index contributed by atoms with van der Waals surface area (Å²) >= 11 is 0. The molecule has 0 N–H and O–H groups in total. The third-order valence-corrected chi connectivity index (χ3v) is 2.33. The molecule has 4 heteroatoms. The van der Waals surface area contributed by atoms with E-state index in [4.69, 9.17) is 4.52 Å². The number of hydrogen-bond acceptors (Lipinski definition) is 3. The molecule has 3 nitrogen and oxygen atoms in total. The molecule has 0 fully saturated rings. The SMILES string of the molecule is CC(=O)c1cnoc1Cc1ccccc1F. The second kappa shape index (κ2) is 4.26. The van der Waals surface area contributed by atoms with Crippen molar-refractivity contribution in [1.29, 1.82) is 0 Å². The van der Waals surface area contributed by atoms with Crippen molar-refractivity contribution >= 4 is 5.78 Å². The number of rotatable bonds is 3. The van der Waals surface area contributed by atoms with E-state index in [0.29, 0.717) is 16.9 Å². The van der Waals surface area contributed by atoms with Gasteiger partial charge in [-0.2, -0.15) is 0 Å². The van der Waals surface area contributed by atoms with Gasteiger partial charge in [-0.15, -0.1) is 0 Å². The maximum atomic E-state index is 13.4. The number of benzene rings is 1. The Hall–Kier alpha value is -1.97. The molecule has 1 aromatic heterocycles. The van der Waals surface area contributed by atoms with Gasteiger partial charge in [0, 0.05) is 6.42 Å². The number of Topliss-reactive ketones (excluding diaryl/α,β-unsaturated/α-hetero) is 1. The van der Waals surface area contributed by atoms with E-state index in [1.165, 1.54) is 19.2 Å². The van der Waals surface area contributed by atoms with Crippen LogP contribution in [0.15, 0.2) is 35.0 Å². The number of hydrogen-bond donors (Lipinski definition) is 0. The Morgan fingerprint density at radius 1 is 1.44 bits per heavy atom. The monoisotopic (exact) mass is 219 g/mol. The summed E-state index contributed by atoms with van der Waals surface area (Å²) in [6, 6.07) is 6.38. The highest BCUT2D eigenvalue weighted by atomic mass is 19.1. The van der Waals surface area contributed by atoms with Crippen LogP contribution >= 0.6 is 0 Å². The van der Waals surface area contributed by atoms with Gasteiger partial charge in [-0.1, -0.05) is 23.4 Å². The number of aromatic nitrogens is 1. The molecule has 0 aliphatic rings. The van der Waals surface area contributed by atoms with E-state index in [0.717, 1.165) is 0 Å². The minimum Gasteiger partial charge on any atom is -0.360 e. The number of halogens is 1. The van der Waals surface area contributed by atoms with Crippen molar-refractivity contribution in [2.24, 2.45) is 0 Å². The van der Waals surface area contributed by atoms with Crippen LogP contribution in [-0.2, 0) is 6.42 Å². The molecule has 0 unspecified atom stereocenters. The molecular formula is C12H10FNO2. The van der Waals surface area contributed by atoms with Crippen molar-refractivity contribution in [1.82, 2.24) is 5.16 Å². The summed E-state index contributed by atoms with van der Waals surface area (Å²) in [5.41, 5.74) is 0.894. The fraction of sp³-hybridized carbons (Fsp3) is 0.167. The molecule has 1 aromatic carbocycles. The van der Waals surface area contributed by atoms with E-state index < -0.39 is 0 Å². The van der Waals surface area contributed by atoms with Crippen LogP contribution in [0.5, 0.6) is 0 Å². The third-order valence-electron chi connectivity index (χ3n) is 2.33. The van der Waals surface area contributed by atoms with Gasteiger partial charge >= 0.3 is 0 Å². The second-order valence-electron chi connectivity index (χ2n) is 3.49. The van der Waals surface area contributed by atoms with Gasteiger partial charge in [0.1, 0.15) is 5.82 Å². The van der Waals surface area contributed by atoms with E-state index in [9.17, 15) is 9.18 Å². The predicted molar refractivity (Wildman–Crippen MR) is 55.7 cm³/mol. The summed E-state index contributed by atoms with van der Waals surface area (Å²) in [6.45, 7) is 1.43. The average molecular weight is 219 g/mol. The fourth-order valence-corrected chi connectivity index (χ4v) is 1.49. The van der Waals surface area contributed by atoms with Gasteiger partial charge in [0.15, 0.2) is 11.5 Å². The summed E-state index contributed by atoms with van der Waals surface area (Å²) in [4.78, 5) is 11.2. The van der Waals surface area contributed by atoms with Gasteiger partial charge in [-0.25, -0.2) is 4.39 Å². The molecule has 0 spiro atoms. The van der Waals surface area contributed by atoms with Crippen LogP contribution < -0.4 is 0 Å². The first-order valence-corrected chi connectivity index (χ1v) is 4.86. The van der Waals surface area contributed by atoms with E-state index in [-0.39, 0.29) is 18.0 Å². The highest BCUT2D eigenvalue weighted by molar-refractivity contribution is 5.94.